The van der Waals surface area contributed by atoms with Crippen molar-refractivity contribution in [3.8, 4) is 0 Å². The molecule has 5 nitrogen and oxygen atoms in total. The van der Waals surface area contributed by atoms with E-state index < -0.39 is 11.7 Å². The molecule has 0 saturated carbocycles. The van der Waals surface area contributed by atoms with Crippen LogP contribution in [-0.4, -0.2) is 24.8 Å². The van der Waals surface area contributed by atoms with Gasteiger partial charge in [0, 0.05) is 13.1 Å². The molecular formula is C13H21N3O2. The highest BCUT2D eigenvalue weighted by atomic mass is 16.6. The summed E-state index contributed by atoms with van der Waals surface area (Å²) in [6.45, 7) is 6.65. The third-order valence-corrected chi connectivity index (χ3v) is 2.02. The summed E-state index contributed by atoms with van der Waals surface area (Å²) in [6.07, 6.45) is -0.468. The van der Waals surface area contributed by atoms with Gasteiger partial charge in [-0.2, -0.15) is 0 Å². The number of anilines is 2. The minimum Gasteiger partial charge on any atom is -0.444 e. The lowest BCUT2D eigenvalue weighted by atomic mass is 10.2. The molecule has 1 aromatic rings. The van der Waals surface area contributed by atoms with Gasteiger partial charge >= 0.3 is 6.09 Å². The fourth-order valence-corrected chi connectivity index (χ4v) is 1.37. The summed E-state index contributed by atoms with van der Waals surface area (Å²) in [5.41, 5.74) is 6.43. The number of nitrogens with two attached hydrogens (primary N) is 1. The van der Waals surface area contributed by atoms with Crippen LogP contribution in [0.1, 0.15) is 20.8 Å². The molecule has 0 spiro atoms. The van der Waals surface area contributed by atoms with Gasteiger partial charge in [-0.1, -0.05) is 12.1 Å². The van der Waals surface area contributed by atoms with Gasteiger partial charge in [-0.3, -0.25) is 5.32 Å². The van der Waals surface area contributed by atoms with Gasteiger partial charge in [0.25, 0.3) is 0 Å². The number of carbonyl (C=O) groups is 1. The van der Waals surface area contributed by atoms with Gasteiger partial charge in [0.15, 0.2) is 0 Å². The van der Waals surface area contributed by atoms with Crippen LogP contribution in [0, 0.1) is 0 Å². The summed E-state index contributed by atoms with van der Waals surface area (Å²) in [5.74, 6) is 0. The van der Waals surface area contributed by atoms with Gasteiger partial charge in [-0.15, -0.1) is 0 Å². The zero-order chi connectivity index (χ0) is 13.6. The van der Waals surface area contributed by atoms with Crippen molar-refractivity contribution in [1.82, 2.24) is 0 Å². The van der Waals surface area contributed by atoms with Crippen LogP contribution in [0.5, 0.6) is 0 Å². The lowest BCUT2D eigenvalue weighted by Crippen LogP contribution is -2.27. The molecule has 0 saturated heterocycles. The molecule has 1 aromatic carbocycles. The van der Waals surface area contributed by atoms with Crippen LogP contribution < -0.4 is 16.4 Å². The average molecular weight is 251 g/mol. The van der Waals surface area contributed by atoms with Crippen molar-refractivity contribution in [3.63, 3.8) is 0 Å². The zero-order valence-electron chi connectivity index (χ0n) is 11.1. The lowest BCUT2D eigenvalue weighted by molar-refractivity contribution is 0.0636. The molecule has 0 aliphatic heterocycles. The average Bonchev–Trinajstić information content (AvgIpc) is 2.25. The molecule has 18 heavy (non-hydrogen) atoms. The van der Waals surface area contributed by atoms with Crippen LogP contribution in [0.15, 0.2) is 24.3 Å². The Morgan fingerprint density at radius 2 is 1.89 bits per heavy atom. The summed E-state index contributed by atoms with van der Waals surface area (Å²) in [7, 11) is 0. The van der Waals surface area contributed by atoms with Gasteiger partial charge in [-0.05, 0) is 32.9 Å². The first kappa shape index (κ1) is 14.3. The SMILES string of the molecule is CC(C)(C)OC(=O)Nc1ccccc1NCCN. The Balaban J connectivity index is 2.68. The van der Waals surface area contributed by atoms with E-state index in [2.05, 4.69) is 10.6 Å². The Bertz CT molecular complexity index is 399. The van der Waals surface area contributed by atoms with E-state index in [1.807, 2.05) is 45.0 Å². The molecule has 1 amide bonds. The van der Waals surface area contributed by atoms with Crippen molar-refractivity contribution in [1.29, 1.82) is 0 Å². The van der Waals surface area contributed by atoms with Crippen molar-refractivity contribution in [3.05, 3.63) is 24.3 Å². The van der Waals surface area contributed by atoms with Crippen LogP contribution in [0.3, 0.4) is 0 Å². The van der Waals surface area contributed by atoms with Crippen molar-refractivity contribution >= 4 is 17.5 Å². The highest BCUT2D eigenvalue weighted by Crippen LogP contribution is 2.21. The Morgan fingerprint density at radius 1 is 1.28 bits per heavy atom. The van der Waals surface area contributed by atoms with Gasteiger partial charge in [0.2, 0.25) is 0 Å². The number of benzene rings is 1. The predicted octanol–water partition coefficient (Wildman–Crippen LogP) is 2.40. The second-order valence-corrected chi connectivity index (χ2v) is 4.89. The smallest absolute Gasteiger partial charge is 0.412 e. The Labute approximate surface area is 108 Å². The molecule has 0 unspecified atom stereocenters. The van der Waals surface area contributed by atoms with Crippen LogP contribution in [-0.2, 0) is 4.74 Å². The number of hydrogen-bond donors (Lipinski definition) is 3. The number of amides is 1. The summed E-state index contributed by atoms with van der Waals surface area (Å²) in [5, 5.41) is 5.85. The van der Waals surface area contributed by atoms with Gasteiger partial charge in [0.1, 0.15) is 5.60 Å². The number of nitrogens with one attached hydrogen (secondary N) is 2. The predicted molar refractivity (Wildman–Crippen MR) is 73.8 cm³/mol. The molecular weight excluding hydrogens is 230 g/mol. The van der Waals surface area contributed by atoms with E-state index in [-0.39, 0.29) is 0 Å². The first-order valence-electron chi connectivity index (χ1n) is 5.95. The lowest BCUT2D eigenvalue weighted by Gasteiger charge is -2.20. The molecule has 0 fully saturated rings. The largest absolute Gasteiger partial charge is 0.444 e. The quantitative estimate of drug-likeness (QED) is 0.768. The van der Waals surface area contributed by atoms with E-state index in [9.17, 15) is 4.79 Å². The minimum atomic E-state index is -0.510. The first-order chi connectivity index (χ1) is 8.42. The molecule has 100 valence electrons. The first-order valence-corrected chi connectivity index (χ1v) is 5.95. The van der Waals surface area contributed by atoms with E-state index in [1.165, 1.54) is 0 Å². The van der Waals surface area contributed by atoms with E-state index in [4.69, 9.17) is 10.5 Å². The Hall–Kier alpha value is -1.75. The van der Waals surface area contributed by atoms with E-state index >= 15 is 0 Å². The maximum absolute atomic E-state index is 11.7. The molecule has 0 heterocycles. The molecule has 4 N–H and O–H groups in total. The fraction of sp³-hybridized carbons (Fsp3) is 0.462. The highest BCUT2D eigenvalue weighted by Gasteiger charge is 2.16. The maximum atomic E-state index is 11.7. The fourth-order valence-electron chi connectivity index (χ4n) is 1.37. The Kier molecular flexibility index (Phi) is 4.97. The molecule has 0 aliphatic rings. The second kappa shape index (κ2) is 6.26. The molecule has 0 aromatic heterocycles. The number of carbonyl (C=O) groups excluding carboxylic acids is 1. The monoisotopic (exact) mass is 251 g/mol. The van der Waals surface area contributed by atoms with Gasteiger partial charge in [-0.25, -0.2) is 4.79 Å². The second-order valence-electron chi connectivity index (χ2n) is 4.89. The third kappa shape index (κ3) is 5.05. The van der Waals surface area contributed by atoms with Crippen LogP contribution >= 0.6 is 0 Å². The maximum Gasteiger partial charge on any atom is 0.412 e. The normalized spacial score (nSPS) is 10.9. The molecule has 0 bridgehead atoms. The molecule has 5 heteroatoms. The van der Waals surface area contributed by atoms with E-state index in [1.54, 1.807) is 0 Å². The van der Waals surface area contributed by atoms with Gasteiger partial charge < -0.3 is 15.8 Å². The van der Waals surface area contributed by atoms with Crippen molar-refractivity contribution in [2.45, 2.75) is 26.4 Å². The van der Waals surface area contributed by atoms with Crippen LogP contribution in [0.4, 0.5) is 16.2 Å². The van der Waals surface area contributed by atoms with E-state index in [0.717, 1.165) is 5.69 Å². The van der Waals surface area contributed by atoms with Crippen LogP contribution in [0.25, 0.3) is 0 Å². The van der Waals surface area contributed by atoms with Crippen molar-refractivity contribution in [2.75, 3.05) is 23.7 Å². The summed E-state index contributed by atoms with van der Waals surface area (Å²) >= 11 is 0. The third-order valence-electron chi connectivity index (χ3n) is 2.02. The van der Waals surface area contributed by atoms with E-state index in [0.29, 0.717) is 18.8 Å². The standard InChI is InChI=1S/C13H21N3O2/c1-13(2,3)18-12(17)16-11-7-5-4-6-10(11)15-9-8-14/h4-7,15H,8-9,14H2,1-3H3,(H,16,17). The van der Waals surface area contributed by atoms with Crippen molar-refractivity contribution in [2.24, 2.45) is 5.73 Å². The molecule has 1 rings (SSSR count). The topological polar surface area (TPSA) is 76.4 Å². The summed E-state index contributed by atoms with van der Waals surface area (Å²) < 4.78 is 5.20. The van der Waals surface area contributed by atoms with Crippen molar-refractivity contribution < 1.29 is 9.53 Å². The number of rotatable bonds is 4. The molecule has 0 atom stereocenters. The number of hydrogen-bond acceptors (Lipinski definition) is 4. The molecule has 0 aliphatic carbocycles. The minimum absolute atomic E-state index is 0.468. The zero-order valence-corrected chi connectivity index (χ0v) is 11.1. The summed E-state index contributed by atoms with van der Waals surface area (Å²) in [6, 6.07) is 7.42. The number of ether oxygens (including phenoxy) is 1. The van der Waals surface area contributed by atoms with Gasteiger partial charge in [0.05, 0.1) is 11.4 Å². The Morgan fingerprint density at radius 3 is 2.44 bits per heavy atom. The highest BCUT2D eigenvalue weighted by molar-refractivity contribution is 5.89. The summed E-state index contributed by atoms with van der Waals surface area (Å²) in [4.78, 5) is 11.7. The molecule has 0 radical (unpaired) electrons. The number of para-hydroxylation sites is 2. The van der Waals surface area contributed by atoms with Crippen LogP contribution in [0.2, 0.25) is 0 Å².